The van der Waals surface area contributed by atoms with E-state index in [4.69, 9.17) is 16.3 Å². The number of carbonyl (C=O) groups excluding carboxylic acids is 1. The van der Waals surface area contributed by atoms with Gasteiger partial charge in [0.25, 0.3) is 0 Å². The van der Waals surface area contributed by atoms with Gasteiger partial charge >= 0.3 is 12.4 Å². The Hall–Kier alpha value is -1.73. The summed E-state index contributed by atoms with van der Waals surface area (Å²) in [7, 11) is 0. The summed E-state index contributed by atoms with van der Waals surface area (Å²) < 4.78 is 48.3. The fourth-order valence-electron chi connectivity index (χ4n) is 1.91. The largest absolute Gasteiger partial charge is 0.461 e. The SMILES string of the molecule is O=C(OCCc1c(Br)cccc1Oc1cc(F)cc(Cl)c1)C(F)F. The second kappa shape index (κ2) is 8.39. The van der Waals surface area contributed by atoms with Crippen molar-refractivity contribution in [1.29, 1.82) is 0 Å². The Morgan fingerprint density at radius 1 is 1.25 bits per heavy atom. The second-order valence-electron chi connectivity index (χ2n) is 4.64. The summed E-state index contributed by atoms with van der Waals surface area (Å²) in [5.41, 5.74) is 0.583. The van der Waals surface area contributed by atoms with Gasteiger partial charge in [0, 0.05) is 27.5 Å². The van der Waals surface area contributed by atoms with Gasteiger partial charge in [-0.1, -0.05) is 33.6 Å². The molecule has 0 radical (unpaired) electrons. The van der Waals surface area contributed by atoms with Crippen molar-refractivity contribution in [3.63, 3.8) is 0 Å². The molecule has 0 N–H and O–H groups in total. The van der Waals surface area contributed by atoms with Crippen LogP contribution in [0.15, 0.2) is 40.9 Å². The van der Waals surface area contributed by atoms with Gasteiger partial charge in [-0.05, 0) is 24.3 Å². The first-order valence-corrected chi connectivity index (χ1v) is 7.90. The molecule has 128 valence electrons. The average molecular weight is 424 g/mol. The molecule has 2 aromatic carbocycles. The summed E-state index contributed by atoms with van der Waals surface area (Å²) >= 11 is 9.09. The Labute approximate surface area is 149 Å². The minimum Gasteiger partial charge on any atom is -0.461 e. The van der Waals surface area contributed by atoms with Gasteiger partial charge in [0.1, 0.15) is 17.3 Å². The van der Waals surface area contributed by atoms with E-state index in [2.05, 4.69) is 20.7 Å². The van der Waals surface area contributed by atoms with Crippen molar-refractivity contribution in [2.75, 3.05) is 6.61 Å². The highest BCUT2D eigenvalue weighted by Gasteiger charge is 2.17. The Balaban J connectivity index is 2.15. The van der Waals surface area contributed by atoms with E-state index in [0.29, 0.717) is 15.8 Å². The standard InChI is InChI=1S/C16H11BrClF3O3/c17-13-2-1-3-14(12(13)4-5-23-16(22)15(20)21)24-11-7-9(18)6-10(19)8-11/h1-3,6-8,15H,4-5H2. The van der Waals surface area contributed by atoms with E-state index in [9.17, 15) is 18.0 Å². The molecule has 8 heteroatoms. The number of esters is 1. The van der Waals surface area contributed by atoms with Crippen LogP contribution in [0.4, 0.5) is 13.2 Å². The lowest BCUT2D eigenvalue weighted by atomic mass is 10.1. The molecule has 0 saturated carbocycles. The maximum absolute atomic E-state index is 13.4. The third kappa shape index (κ3) is 5.14. The molecule has 3 nitrogen and oxygen atoms in total. The van der Waals surface area contributed by atoms with Crippen molar-refractivity contribution in [2.45, 2.75) is 12.8 Å². The zero-order valence-electron chi connectivity index (χ0n) is 12.1. The average Bonchev–Trinajstić information content (AvgIpc) is 2.48. The highest BCUT2D eigenvalue weighted by atomic mass is 79.9. The first-order chi connectivity index (χ1) is 11.4. The summed E-state index contributed by atoms with van der Waals surface area (Å²) in [6.07, 6.45) is -3.03. The number of hydrogen-bond donors (Lipinski definition) is 0. The van der Waals surface area contributed by atoms with Gasteiger partial charge in [0.2, 0.25) is 0 Å². The molecule has 0 aliphatic carbocycles. The number of hydrogen-bond acceptors (Lipinski definition) is 3. The van der Waals surface area contributed by atoms with Crippen LogP contribution in [0, 0.1) is 5.82 Å². The molecule has 0 aliphatic rings. The van der Waals surface area contributed by atoms with Gasteiger partial charge in [-0.15, -0.1) is 0 Å². The summed E-state index contributed by atoms with van der Waals surface area (Å²) in [4.78, 5) is 10.8. The second-order valence-corrected chi connectivity index (χ2v) is 5.93. The van der Waals surface area contributed by atoms with E-state index in [1.807, 2.05) is 0 Å². The lowest BCUT2D eigenvalue weighted by Crippen LogP contribution is -2.16. The van der Waals surface area contributed by atoms with E-state index in [-0.39, 0.29) is 23.8 Å². The van der Waals surface area contributed by atoms with Crippen LogP contribution in [0.2, 0.25) is 5.02 Å². The summed E-state index contributed by atoms with van der Waals surface area (Å²) in [6, 6.07) is 8.76. The number of alkyl halides is 2. The smallest absolute Gasteiger partial charge is 0.373 e. The molecule has 0 amide bonds. The van der Waals surface area contributed by atoms with Crippen molar-refractivity contribution in [3.05, 3.63) is 57.3 Å². The maximum Gasteiger partial charge on any atom is 0.373 e. The third-order valence-corrected chi connectivity index (χ3v) is 3.88. The predicted molar refractivity (Wildman–Crippen MR) is 86.3 cm³/mol. The van der Waals surface area contributed by atoms with Crippen LogP contribution in [-0.2, 0) is 16.0 Å². The van der Waals surface area contributed by atoms with E-state index in [1.165, 1.54) is 6.07 Å². The first-order valence-electron chi connectivity index (χ1n) is 6.73. The Bertz CT molecular complexity index is 720. The van der Waals surface area contributed by atoms with Gasteiger partial charge in [-0.3, -0.25) is 0 Å². The van der Waals surface area contributed by atoms with Gasteiger partial charge in [0.05, 0.1) is 6.61 Å². The normalized spacial score (nSPS) is 10.8. The molecule has 0 aromatic heterocycles. The predicted octanol–water partition coefficient (Wildman–Crippen LogP) is 5.38. The highest BCUT2D eigenvalue weighted by molar-refractivity contribution is 9.10. The number of rotatable bonds is 6. The highest BCUT2D eigenvalue weighted by Crippen LogP contribution is 2.32. The van der Waals surface area contributed by atoms with Crippen LogP contribution >= 0.6 is 27.5 Å². The van der Waals surface area contributed by atoms with E-state index in [1.54, 1.807) is 18.2 Å². The molecule has 24 heavy (non-hydrogen) atoms. The first kappa shape index (κ1) is 18.6. The van der Waals surface area contributed by atoms with Crippen LogP contribution in [0.1, 0.15) is 5.56 Å². The van der Waals surface area contributed by atoms with Crippen molar-refractivity contribution in [2.24, 2.45) is 0 Å². The van der Waals surface area contributed by atoms with E-state index in [0.717, 1.165) is 12.1 Å². The maximum atomic E-state index is 13.4. The van der Waals surface area contributed by atoms with Gasteiger partial charge in [-0.25, -0.2) is 9.18 Å². The van der Waals surface area contributed by atoms with Crippen molar-refractivity contribution in [1.82, 2.24) is 0 Å². The molecule has 0 saturated heterocycles. The summed E-state index contributed by atoms with van der Waals surface area (Å²) in [6.45, 7) is -0.244. The fourth-order valence-corrected chi connectivity index (χ4v) is 2.67. The molecular weight excluding hydrogens is 413 g/mol. The lowest BCUT2D eigenvalue weighted by Gasteiger charge is -2.13. The van der Waals surface area contributed by atoms with E-state index < -0.39 is 18.2 Å². The minimum atomic E-state index is -3.17. The van der Waals surface area contributed by atoms with Crippen LogP contribution in [0.25, 0.3) is 0 Å². The molecule has 0 atom stereocenters. The summed E-state index contributed by atoms with van der Waals surface area (Å²) in [5, 5.41) is 0.174. The van der Waals surface area contributed by atoms with E-state index >= 15 is 0 Å². The van der Waals surface area contributed by atoms with Crippen LogP contribution < -0.4 is 4.74 Å². The number of benzene rings is 2. The fraction of sp³-hybridized carbons (Fsp3) is 0.188. The zero-order valence-corrected chi connectivity index (χ0v) is 14.4. The molecule has 0 bridgehead atoms. The molecule has 0 aliphatic heterocycles. The number of halogens is 5. The lowest BCUT2D eigenvalue weighted by molar-refractivity contribution is -0.156. The molecule has 0 fully saturated rings. The van der Waals surface area contributed by atoms with Gasteiger partial charge in [-0.2, -0.15) is 8.78 Å². The number of carbonyl (C=O) groups is 1. The van der Waals surface area contributed by atoms with Gasteiger partial charge in [0.15, 0.2) is 0 Å². The quantitative estimate of drug-likeness (QED) is 0.585. The number of ether oxygens (including phenoxy) is 2. The van der Waals surface area contributed by atoms with Gasteiger partial charge < -0.3 is 9.47 Å². The summed E-state index contributed by atoms with van der Waals surface area (Å²) in [5.74, 6) is -1.59. The van der Waals surface area contributed by atoms with Crippen LogP contribution in [0.5, 0.6) is 11.5 Å². The van der Waals surface area contributed by atoms with Crippen molar-refractivity contribution < 1.29 is 27.4 Å². The Morgan fingerprint density at radius 3 is 2.67 bits per heavy atom. The molecule has 2 rings (SSSR count). The zero-order chi connectivity index (χ0) is 17.7. The van der Waals surface area contributed by atoms with Crippen molar-refractivity contribution in [3.8, 4) is 11.5 Å². The topological polar surface area (TPSA) is 35.5 Å². The molecule has 0 heterocycles. The van der Waals surface area contributed by atoms with Crippen LogP contribution in [0.3, 0.4) is 0 Å². The molecule has 2 aromatic rings. The Morgan fingerprint density at radius 2 is 2.00 bits per heavy atom. The minimum absolute atomic E-state index is 0.137. The molecule has 0 spiro atoms. The third-order valence-electron chi connectivity index (χ3n) is 2.91. The van der Waals surface area contributed by atoms with Crippen LogP contribution in [-0.4, -0.2) is 19.0 Å². The van der Waals surface area contributed by atoms with Crippen molar-refractivity contribution >= 4 is 33.5 Å². The monoisotopic (exact) mass is 422 g/mol. The molecular formula is C16H11BrClF3O3. The molecule has 0 unspecified atom stereocenters. The Kier molecular flexibility index (Phi) is 6.51.